The maximum atomic E-state index is 15.0. The van der Waals surface area contributed by atoms with Gasteiger partial charge in [0, 0.05) is 57.7 Å². The van der Waals surface area contributed by atoms with Gasteiger partial charge >= 0.3 is 0 Å². The Hall–Kier alpha value is -6.59. The van der Waals surface area contributed by atoms with Gasteiger partial charge in [0.2, 0.25) is 0 Å². The van der Waals surface area contributed by atoms with Gasteiger partial charge in [0.1, 0.15) is 29.9 Å². The highest BCUT2D eigenvalue weighted by Gasteiger charge is 2.39. The molecule has 278 valence electrons. The Bertz CT molecular complexity index is 3100. The standard InChI is InChI=1S/C52H38F3NO/c53-38-31-46(54)48(47(55)32-38)35-22-27-41(28-23-35)56(39-16-8-3-9-17-39)40-25-20-33(21-26-40)37-24-29-43-42-18-10-11-19-44(42)50-49(34-12-4-1-5-13-34)51(36-14-6-2-7-15-36)57-52(50)45(43)30-37/h1-30,38,46-48H,31-32H2/i3D,8D,9D,16D,17D. The third-order valence-electron chi connectivity index (χ3n) is 11.2. The van der Waals surface area contributed by atoms with Gasteiger partial charge in [0.15, 0.2) is 0 Å². The fraction of sp³-hybridized carbons (Fsp3) is 0.115. The summed E-state index contributed by atoms with van der Waals surface area (Å²) in [6.07, 6.45) is -5.69. The Kier molecular flexibility index (Phi) is 7.54. The summed E-state index contributed by atoms with van der Waals surface area (Å²) < 4.78 is 93.9. The molecule has 1 aliphatic carbocycles. The van der Waals surface area contributed by atoms with Crippen LogP contribution in [0.25, 0.3) is 66.1 Å². The summed E-state index contributed by atoms with van der Waals surface area (Å²) >= 11 is 0. The monoisotopic (exact) mass is 754 g/mol. The van der Waals surface area contributed by atoms with Gasteiger partial charge in [-0.25, -0.2) is 13.2 Å². The van der Waals surface area contributed by atoms with Crippen molar-refractivity contribution in [1.29, 1.82) is 0 Å². The van der Waals surface area contributed by atoms with E-state index in [0.29, 0.717) is 16.9 Å². The minimum atomic E-state index is -1.70. The number of fused-ring (bicyclic) bond motifs is 6. The number of halogens is 3. The number of hydrogen-bond acceptors (Lipinski definition) is 2. The Morgan fingerprint density at radius 1 is 0.509 bits per heavy atom. The van der Waals surface area contributed by atoms with Crippen LogP contribution in [0, 0.1) is 0 Å². The van der Waals surface area contributed by atoms with Gasteiger partial charge in [0.25, 0.3) is 0 Å². The van der Waals surface area contributed by atoms with Crippen LogP contribution in [-0.2, 0) is 0 Å². The van der Waals surface area contributed by atoms with Gasteiger partial charge in [-0.05, 0) is 80.8 Å². The zero-order valence-corrected chi connectivity index (χ0v) is 30.6. The highest BCUT2D eigenvalue weighted by atomic mass is 19.2. The highest BCUT2D eigenvalue weighted by molar-refractivity contribution is 6.28. The number of anilines is 3. The van der Waals surface area contributed by atoms with Gasteiger partial charge in [-0.2, -0.15) is 0 Å². The van der Waals surface area contributed by atoms with Crippen LogP contribution in [0.5, 0.6) is 0 Å². The van der Waals surface area contributed by atoms with Crippen molar-refractivity contribution in [2.75, 3.05) is 4.90 Å². The van der Waals surface area contributed by atoms with Crippen molar-refractivity contribution < 1.29 is 24.4 Å². The largest absolute Gasteiger partial charge is 0.455 e. The second kappa shape index (κ2) is 14.5. The van der Waals surface area contributed by atoms with Gasteiger partial charge in [-0.1, -0.05) is 139 Å². The molecular formula is C52H38F3NO. The number of benzene rings is 8. The zero-order valence-electron chi connectivity index (χ0n) is 35.6. The SMILES string of the molecule is [2H]c1c([2H])c([2H])c(N(c2ccc(-c3ccc4c5ccccc5c5c(-c6ccccc6)c(-c6ccccc6)oc5c4c3)cc2)c2ccc(C3C(F)CC(F)CC3F)cc2)c([2H])c1[2H]. The average Bonchev–Trinajstić information content (AvgIpc) is 3.71. The van der Waals surface area contributed by atoms with Crippen LogP contribution in [0.1, 0.15) is 31.2 Å². The van der Waals surface area contributed by atoms with Crippen molar-refractivity contribution in [2.24, 2.45) is 0 Å². The van der Waals surface area contributed by atoms with Crippen LogP contribution in [0.15, 0.2) is 186 Å². The number of furan rings is 1. The molecule has 57 heavy (non-hydrogen) atoms. The van der Waals surface area contributed by atoms with Crippen molar-refractivity contribution >= 4 is 49.6 Å². The van der Waals surface area contributed by atoms with Crippen LogP contribution in [0.4, 0.5) is 30.2 Å². The molecule has 1 heterocycles. The fourth-order valence-electron chi connectivity index (χ4n) is 8.57. The van der Waals surface area contributed by atoms with Crippen molar-refractivity contribution in [3.63, 3.8) is 0 Å². The van der Waals surface area contributed by atoms with Crippen LogP contribution in [0.2, 0.25) is 0 Å². The first-order chi connectivity index (χ1) is 30.1. The summed E-state index contributed by atoms with van der Waals surface area (Å²) in [5.41, 5.74) is 6.73. The zero-order chi connectivity index (χ0) is 42.8. The Morgan fingerprint density at radius 3 is 1.74 bits per heavy atom. The van der Waals surface area contributed by atoms with E-state index in [1.807, 2.05) is 72.8 Å². The van der Waals surface area contributed by atoms with Crippen molar-refractivity contribution in [3.05, 3.63) is 187 Å². The van der Waals surface area contributed by atoms with Crippen LogP contribution in [-0.4, -0.2) is 18.5 Å². The molecule has 2 atom stereocenters. The molecule has 0 bridgehead atoms. The summed E-state index contributed by atoms with van der Waals surface area (Å²) in [5, 5.41) is 5.16. The van der Waals surface area contributed by atoms with Crippen molar-refractivity contribution in [3.8, 4) is 33.6 Å². The Morgan fingerprint density at radius 2 is 1.07 bits per heavy atom. The smallest absolute Gasteiger partial charge is 0.143 e. The highest BCUT2D eigenvalue weighted by Crippen LogP contribution is 2.48. The van der Waals surface area contributed by atoms with E-state index in [-0.39, 0.29) is 18.5 Å². The fourth-order valence-corrected chi connectivity index (χ4v) is 8.57. The quantitative estimate of drug-likeness (QED) is 0.151. The molecule has 0 spiro atoms. The van der Waals surface area contributed by atoms with E-state index in [9.17, 15) is 4.39 Å². The van der Waals surface area contributed by atoms with Gasteiger partial charge in [0.05, 0.1) is 6.85 Å². The number of rotatable bonds is 7. The molecule has 2 unspecified atom stereocenters. The Labute approximate surface area is 336 Å². The molecule has 2 nitrogen and oxygen atoms in total. The minimum absolute atomic E-state index is 0.0811. The predicted octanol–water partition coefficient (Wildman–Crippen LogP) is 15.1. The second-order valence-electron chi connectivity index (χ2n) is 14.6. The number of para-hydroxylation sites is 1. The summed E-state index contributed by atoms with van der Waals surface area (Å²) in [6, 6.07) is 46.5. The molecular weight excluding hydrogens is 712 g/mol. The Balaban J connectivity index is 1.11. The van der Waals surface area contributed by atoms with E-state index < -0.39 is 54.6 Å². The van der Waals surface area contributed by atoms with E-state index >= 15 is 8.78 Å². The summed E-state index contributed by atoms with van der Waals surface area (Å²) in [4.78, 5) is 1.56. The van der Waals surface area contributed by atoms with E-state index in [2.05, 4.69) is 54.6 Å². The topological polar surface area (TPSA) is 16.4 Å². The molecule has 10 rings (SSSR count). The molecule has 0 aliphatic heterocycles. The van der Waals surface area contributed by atoms with Gasteiger partial charge < -0.3 is 9.32 Å². The molecule has 9 aromatic rings. The third kappa shape index (κ3) is 6.24. The first-order valence-corrected chi connectivity index (χ1v) is 19.1. The maximum Gasteiger partial charge on any atom is 0.143 e. The van der Waals surface area contributed by atoms with E-state index in [1.54, 1.807) is 29.2 Å². The molecule has 1 aromatic heterocycles. The molecule has 1 aliphatic rings. The lowest BCUT2D eigenvalue weighted by Gasteiger charge is -2.32. The van der Waals surface area contributed by atoms with Gasteiger partial charge in [-0.15, -0.1) is 0 Å². The molecule has 8 aromatic carbocycles. The van der Waals surface area contributed by atoms with E-state index in [4.69, 9.17) is 11.3 Å². The number of nitrogens with zero attached hydrogens (tertiary/aromatic N) is 1. The second-order valence-corrected chi connectivity index (χ2v) is 14.6. The lowest BCUT2D eigenvalue weighted by Crippen LogP contribution is -2.34. The molecule has 5 heteroatoms. The normalized spacial score (nSPS) is 19.5. The van der Waals surface area contributed by atoms with Gasteiger partial charge in [-0.3, -0.25) is 0 Å². The predicted molar refractivity (Wildman–Crippen MR) is 229 cm³/mol. The summed E-state index contributed by atoms with van der Waals surface area (Å²) in [6.45, 7) is 0. The van der Waals surface area contributed by atoms with E-state index in [0.717, 1.165) is 66.1 Å². The molecule has 0 saturated heterocycles. The minimum Gasteiger partial charge on any atom is -0.455 e. The van der Waals surface area contributed by atoms with Crippen LogP contribution >= 0.6 is 0 Å². The van der Waals surface area contributed by atoms with Crippen LogP contribution in [0.3, 0.4) is 0 Å². The lowest BCUT2D eigenvalue weighted by atomic mass is 9.80. The van der Waals surface area contributed by atoms with Crippen molar-refractivity contribution in [1.82, 2.24) is 0 Å². The van der Waals surface area contributed by atoms with Crippen molar-refractivity contribution in [2.45, 2.75) is 37.3 Å². The summed E-state index contributed by atoms with van der Waals surface area (Å²) in [5.74, 6) is -0.358. The third-order valence-corrected chi connectivity index (χ3v) is 11.2. The molecule has 1 saturated carbocycles. The van der Waals surface area contributed by atoms with E-state index in [1.165, 1.54) is 0 Å². The first-order valence-electron chi connectivity index (χ1n) is 21.6. The summed E-state index contributed by atoms with van der Waals surface area (Å²) in [7, 11) is 0. The molecule has 0 amide bonds. The molecule has 1 fully saturated rings. The lowest BCUT2D eigenvalue weighted by molar-refractivity contribution is 0.0672. The number of hydrogen-bond donors (Lipinski definition) is 0. The average molecular weight is 755 g/mol. The number of alkyl halides is 3. The first kappa shape index (κ1) is 29.7. The van der Waals surface area contributed by atoms with Crippen LogP contribution < -0.4 is 4.90 Å². The molecule has 0 N–H and O–H groups in total. The maximum absolute atomic E-state index is 15.0. The molecule has 0 radical (unpaired) electrons.